The van der Waals surface area contributed by atoms with Crippen molar-refractivity contribution in [3.63, 3.8) is 0 Å². The molecule has 0 heterocycles. The Morgan fingerprint density at radius 1 is 1.03 bits per heavy atom. The number of nitrogens with zero attached hydrogens (tertiary/aromatic N) is 1. The summed E-state index contributed by atoms with van der Waals surface area (Å²) < 4.78 is 5.68. The molecule has 182 valence electrons. The Morgan fingerprint density at radius 2 is 1.69 bits per heavy atom. The zero-order valence-corrected chi connectivity index (χ0v) is 19.6. The highest BCUT2D eigenvalue weighted by Gasteiger charge is 2.50. The largest absolute Gasteiger partial charge is 0.480 e. The highest BCUT2D eigenvalue weighted by Crippen LogP contribution is 2.50. The van der Waals surface area contributed by atoms with Crippen molar-refractivity contribution >= 4 is 18.0 Å². The molecular formula is C28H30N2O5. The maximum Gasteiger partial charge on any atom is 0.407 e. The van der Waals surface area contributed by atoms with Crippen LogP contribution in [0.5, 0.6) is 0 Å². The molecule has 2 amide bonds. The number of fused-ring (bicyclic) bond motifs is 4. The molecule has 1 unspecified atom stereocenters. The number of rotatable bonds is 8. The van der Waals surface area contributed by atoms with E-state index in [1.54, 1.807) is 6.08 Å². The van der Waals surface area contributed by atoms with Gasteiger partial charge < -0.3 is 20.1 Å². The van der Waals surface area contributed by atoms with Gasteiger partial charge in [0.15, 0.2) is 0 Å². The first-order valence-electron chi connectivity index (χ1n) is 12.2. The van der Waals surface area contributed by atoms with E-state index >= 15 is 0 Å². The number of hydrogen-bond acceptors (Lipinski definition) is 4. The van der Waals surface area contributed by atoms with Crippen LogP contribution >= 0.6 is 0 Å². The van der Waals surface area contributed by atoms with Crippen molar-refractivity contribution in [2.75, 3.05) is 19.7 Å². The van der Waals surface area contributed by atoms with Crippen LogP contribution in [0.2, 0.25) is 0 Å². The molecule has 0 aromatic heterocycles. The summed E-state index contributed by atoms with van der Waals surface area (Å²) in [6.07, 6.45) is 3.33. The molecule has 2 aromatic rings. The molecule has 0 spiro atoms. The molecule has 7 nitrogen and oxygen atoms in total. The van der Waals surface area contributed by atoms with E-state index in [4.69, 9.17) is 9.84 Å². The van der Waals surface area contributed by atoms with Crippen LogP contribution < -0.4 is 5.32 Å². The second-order valence-corrected chi connectivity index (χ2v) is 9.81. The number of aliphatic carboxylic acids is 1. The molecule has 0 aliphatic heterocycles. The highest BCUT2D eigenvalue weighted by atomic mass is 16.5. The molecule has 0 bridgehead atoms. The zero-order chi connectivity index (χ0) is 24.5. The molecule has 0 saturated heterocycles. The minimum Gasteiger partial charge on any atom is -0.480 e. The van der Waals surface area contributed by atoms with Crippen LogP contribution in [0.15, 0.2) is 61.2 Å². The third kappa shape index (κ3) is 4.43. The lowest BCUT2D eigenvalue weighted by Crippen LogP contribution is -2.50. The Labute approximate surface area is 204 Å². The number of hydrogen-bond donors (Lipinski definition) is 2. The van der Waals surface area contributed by atoms with E-state index < -0.39 is 12.1 Å². The maximum absolute atomic E-state index is 12.9. The fourth-order valence-corrected chi connectivity index (χ4v) is 6.20. The summed E-state index contributed by atoms with van der Waals surface area (Å²) in [4.78, 5) is 38.0. The van der Waals surface area contributed by atoms with Crippen molar-refractivity contribution < 1.29 is 24.2 Å². The topological polar surface area (TPSA) is 95.9 Å². The van der Waals surface area contributed by atoms with Crippen LogP contribution in [-0.2, 0) is 14.3 Å². The molecule has 5 rings (SSSR count). The van der Waals surface area contributed by atoms with E-state index in [0.717, 1.165) is 12.8 Å². The van der Waals surface area contributed by atoms with Crippen molar-refractivity contribution in [3.05, 3.63) is 72.3 Å². The molecular weight excluding hydrogens is 444 g/mol. The highest BCUT2D eigenvalue weighted by molar-refractivity contribution is 5.83. The van der Waals surface area contributed by atoms with Gasteiger partial charge in [-0.05, 0) is 53.4 Å². The summed E-state index contributed by atoms with van der Waals surface area (Å²) in [5, 5.41) is 12.1. The lowest BCUT2D eigenvalue weighted by atomic mass is 9.71. The molecule has 2 fully saturated rings. The van der Waals surface area contributed by atoms with E-state index in [0.29, 0.717) is 12.3 Å². The second-order valence-electron chi connectivity index (χ2n) is 9.81. The van der Waals surface area contributed by atoms with Gasteiger partial charge in [0.05, 0.1) is 0 Å². The normalized spacial score (nSPS) is 23.9. The molecule has 2 N–H and O–H groups in total. The number of carbonyl (C=O) groups excluding carboxylic acids is 2. The van der Waals surface area contributed by atoms with Crippen LogP contribution in [-0.4, -0.2) is 53.7 Å². The monoisotopic (exact) mass is 474 g/mol. The number of nitrogens with one attached hydrogen (secondary N) is 1. The number of benzene rings is 2. The molecule has 4 atom stereocenters. The van der Waals surface area contributed by atoms with Crippen LogP contribution in [0.25, 0.3) is 11.1 Å². The number of carboxylic acid groups (broad SMARTS) is 1. The average molecular weight is 475 g/mol. The third-order valence-electron chi connectivity index (χ3n) is 7.81. The quantitative estimate of drug-likeness (QED) is 0.563. The Morgan fingerprint density at radius 3 is 2.31 bits per heavy atom. The average Bonchev–Trinajstić information content (AvgIpc) is 3.35. The van der Waals surface area contributed by atoms with Crippen molar-refractivity contribution in [2.45, 2.75) is 31.2 Å². The van der Waals surface area contributed by atoms with Crippen molar-refractivity contribution in [3.8, 4) is 11.1 Å². The minimum absolute atomic E-state index is 0.0132. The Hall–Kier alpha value is -3.61. The first kappa shape index (κ1) is 23.1. The van der Waals surface area contributed by atoms with Gasteiger partial charge in [0.2, 0.25) is 5.91 Å². The third-order valence-corrected chi connectivity index (χ3v) is 7.81. The summed E-state index contributed by atoms with van der Waals surface area (Å²) in [7, 11) is 0. The van der Waals surface area contributed by atoms with Crippen LogP contribution in [0.4, 0.5) is 4.79 Å². The lowest BCUT2D eigenvalue weighted by molar-refractivity contribution is -0.145. The smallest absolute Gasteiger partial charge is 0.407 e. The molecule has 35 heavy (non-hydrogen) atoms. The minimum atomic E-state index is -1.03. The second kappa shape index (κ2) is 9.56. The SMILES string of the molecule is C=CCN(CC(=O)O)C(=O)C1C[C@@H]2C[C@H](NC(=O)OCC3c4ccccc4-c4ccccc43)[C@@H]2C1. The first-order chi connectivity index (χ1) is 17.0. The van der Waals surface area contributed by atoms with E-state index in [2.05, 4.69) is 36.2 Å². The summed E-state index contributed by atoms with van der Waals surface area (Å²) in [5.74, 6) is -0.768. The van der Waals surface area contributed by atoms with Gasteiger partial charge >= 0.3 is 12.1 Å². The zero-order valence-electron chi connectivity index (χ0n) is 19.6. The number of carbonyl (C=O) groups is 3. The van der Waals surface area contributed by atoms with Gasteiger partial charge in [0, 0.05) is 24.4 Å². The van der Waals surface area contributed by atoms with Crippen molar-refractivity contribution in [2.24, 2.45) is 17.8 Å². The van der Waals surface area contributed by atoms with Crippen molar-refractivity contribution in [1.82, 2.24) is 10.2 Å². The van der Waals surface area contributed by atoms with Gasteiger partial charge in [0.25, 0.3) is 0 Å². The summed E-state index contributed by atoms with van der Waals surface area (Å²) in [6.45, 7) is 3.80. The maximum atomic E-state index is 12.9. The van der Waals surface area contributed by atoms with E-state index in [-0.39, 0.29) is 49.4 Å². The van der Waals surface area contributed by atoms with E-state index in [1.807, 2.05) is 24.3 Å². The molecule has 3 aliphatic carbocycles. The van der Waals surface area contributed by atoms with E-state index in [9.17, 15) is 14.4 Å². The Balaban J connectivity index is 1.15. The number of ether oxygens (including phenoxy) is 1. The van der Waals surface area contributed by atoms with Crippen LogP contribution in [0.3, 0.4) is 0 Å². The Bertz CT molecular complexity index is 1120. The molecule has 2 aromatic carbocycles. The number of carboxylic acids is 1. The van der Waals surface area contributed by atoms with E-state index in [1.165, 1.54) is 27.2 Å². The molecule has 2 saturated carbocycles. The van der Waals surface area contributed by atoms with Crippen LogP contribution in [0.1, 0.15) is 36.3 Å². The van der Waals surface area contributed by atoms with Gasteiger partial charge in [-0.1, -0.05) is 54.6 Å². The lowest BCUT2D eigenvalue weighted by Gasteiger charge is -2.40. The number of alkyl carbamates (subject to hydrolysis) is 1. The standard InChI is InChI=1S/C28H30N2O5/c1-2-11-30(15-26(31)32)27(33)18-12-17-14-25(23(17)13-18)29-28(34)35-16-24-21-9-5-3-7-19(21)20-8-4-6-10-22(20)24/h2-10,17-18,23-25H,1,11-16H2,(H,29,34)(H,31,32)/t17-,18?,23-,25+/m1/s1. The van der Waals surface area contributed by atoms with Gasteiger partial charge in [-0.25, -0.2) is 4.79 Å². The fourth-order valence-electron chi connectivity index (χ4n) is 6.20. The predicted molar refractivity (Wildman–Crippen MR) is 131 cm³/mol. The molecule has 3 aliphatic rings. The Kier molecular flexibility index (Phi) is 6.32. The van der Waals surface area contributed by atoms with Crippen LogP contribution in [0, 0.1) is 17.8 Å². The molecule has 0 radical (unpaired) electrons. The number of amides is 2. The summed E-state index contributed by atoms with van der Waals surface area (Å²) >= 11 is 0. The van der Waals surface area contributed by atoms with Gasteiger partial charge in [-0.3, -0.25) is 9.59 Å². The first-order valence-corrected chi connectivity index (χ1v) is 12.2. The predicted octanol–water partition coefficient (Wildman–Crippen LogP) is 4.04. The van der Waals surface area contributed by atoms with Gasteiger partial charge in [0.1, 0.15) is 13.2 Å². The van der Waals surface area contributed by atoms with Gasteiger partial charge in [-0.2, -0.15) is 0 Å². The van der Waals surface area contributed by atoms with Crippen molar-refractivity contribution in [1.29, 1.82) is 0 Å². The fraction of sp³-hybridized carbons (Fsp3) is 0.393. The van der Waals surface area contributed by atoms with Gasteiger partial charge in [-0.15, -0.1) is 6.58 Å². The summed E-state index contributed by atoms with van der Waals surface area (Å²) in [6, 6.07) is 16.4. The molecule has 7 heteroatoms. The summed E-state index contributed by atoms with van der Waals surface area (Å²) in [5.41, 5.74) is 4.73.